The van der Waals surface area contributed by atoms with E-state index in [-0.39, 0.29) is 17.3 Å². The number of hydrogen-bond acceptors (Lipinski definition) is 4. The van der Waals surface area contributed by atoms with Gasteiger partial charge in [-0.3, -0.25) is 9.89 Å². The van der Waals surface area contributed by atoms with Crippen molar-refractivity contribution in [3.05, 3.63) is 46.8 Å². The third kappa shape index (κ3) is 3.94. The second kappa shape index (κ2) is 7.04. The van der Waals surface area contributed by atoms with E-state index in [1.165, 1.54) is 31.4 Å². The minimum Gasteiger partial charge on any atom is -0.493 e. The number of ketones is 1. The SMILES string of the molecule is COc1cc(C(=O)/C=C/c2c(C)n[nH]c2C)ccc1OC(F)F. The van der Waals surface area contributed by atoms with E-state index in [0.717, 1.165) is 17.0 Å². The molecule has 5 nitrogen and oxygen atoms in total. The molecule has 0 amide bonds. The molecule has 1 aromatic carbocycles. The number of methoxy groups -OCH3 is 1. The molecule has 0 saturated carbocycles. The summed E-state index contributed by atoms with van der Waals surface area (Å²) in [6.07, 6.45) is 3.06. The highest BCUT2D eigenvalue weighted by Gasteiger charge is 2.13. The number of halogens is 2. The number of aromatic nitrogens is 2. The smallest absolute Gasteiger partial charge is 0.387 e. The molecule has 0 spiro atoms. The van der Waals surface area contributed by atoms with Crippen LogP contribution in [0.4, 0.5) is 8.78 Å². The molecule has 0 saturated heterocycles. The predicted molar refractivity (Wildman–Crippen MR) is 81.1 cm³/mol. The largest absolute Gasteiger partial charge is 0.493 e. The monoisotopic (exact) mass is 322 g/mol. The van der Waals surface area contributed by atoms with Gasteiger partial charge in [-0.2, -0.15) is 13.9 Å². The molecule has 1 heterocycles. The lowest BCUT2D eigenvalue weighted by Gasteiger charge is -2.10. The van der Waals surface area contributed by atoms with E-state index in [2.05, 4.69) is 14.9 Å². The molecule has 23 heavy (non-hydrogen) atoms. The molecule has 0 fully saturated rings. The highest BCUT2D eigenvalue weighted by Crippen LogP contribution is 2.29. The first-order chi connectivity index (χ1) is 10.9. The first-order valence-electron chi connectivity index (χ1n) is 6.79. The maximum absolute atomic E-state index is 12.3. The van der Waals surface area contributed by atoms with Gasteiger partial charge in [-0.05, 0) is 44.2 Å². The van der Waals surface area contributed by atoms with E-state index in [1.807, 2.05) is 13.8 Å². The maximum atomic E-state index is 12.3. The van der Waals surface area contributed by atoms with Gasteiger partial charge in [0.25, 0.3) is 0 Å². The lowest BCUT2D eigenvalue weighted by molar-refractivity contribution is -0.0512. The van der Waals surface area contributed by atoms with Crippen LogP contribution in [0, 0.1) is 13.8 Å². The van der Waals surface area contributed by atoms with E-state index >= 15 is 0 Å². The highest BCUT2D eigenvalue weighted by atomic mass is 19.3. The number of benzene rings is 1. The Bertz CT molecular complexity index is 719. The van der Waals surface area contributed by atoms with Gasteiger partial charge >= 0.3 is 6.61 Å². The Morgan fingerprint density at radius 3 is 2.61 bits per heavy atom. The van der Waals surface area contributed by atoms with Gasteiger partial charge in [-0.1, -0.05) is 0 Å². The number of nitrogens with zero attached hydrogens (tertiary/aromatic N) is 1. The van der Waals surface area contributed by atoms with E-state index in [0.29, 0.717) is 5.56 Å². The van der Waals surface area contributed by atoms with E-state index in [9.17, 15) is 13.6 Å². The Hall–Kier alpha value is -2.70. The Morgan fingerprint density at radius 2 is 2.04 bits per heavy atom. The number of hydrogen-bond donors (Lipinski definition) is 1. The van der Waals surface area contributed by atoms with Crippen molar-refractivity contribution in [2.45, 2.75) is 20.5 Å². The molecule has 1 N–H and O–H groups in total. The molecule has 0 unspecified atom stereocenters. The van der Waals surface area contributed by atoms with Crippen molar-refractivity contribution in [1.29, 1.82) is 0 Å². The summed E-state index contributed by atoms with van der Waals surface area (Å²) in [5.74, 6) is -0.336. The number of alkyl halides is 2. The second-order valence-electron chi connectivity index (χ2n) is 4.79. The topological polar surface area (TPSA) is 64.2 Å². The van der Waals surface area contributed by atoms with Gasteiger partial charge in [0.05, 0.1) is 12.8 Å². The number of H-pyrrole nitrogens is 1. The van der Waals surface area contributed by atoms with E-state index < -0.39 is 6.61 Å². The summed E-state index contributed by atoms with van der Waals surface area (Å²) in [5, 5.41) is 6.86. The molecular formula is C16H16F2N2O3. The van der Waals surface area contributed by atoms with Crippen LogP contribution < -0.4 is 9.47 Å². The quantitative estimate of drug-likeness (QED) is 0.653. The molecule has 0 aliphatic rings. The van der Waals surface area contributed by atoms with Crippen LogP contribution in [0.5, 0.6) is 11.5 Å². The zero-order chi connectivity index (χ0) is 17.0. The van der Waals surface area contributed by atoms with Crippen LogP contribution in [-0.4, -0.2) is 29.7 Å². The predicted octanol–water partition coefficient (Wildman–Crippen LogP) is 3.53. The van der Waals surface area contributed by atoms with Crippen LogP contribution in [0.15, 0.2) is 24.3 Å². The van der Waals surface area contributed by atoms with Crippen LogP contribution in [-0.2, 0) is 0 Å². The van der Waals surface area contributed by atoms with Gasteiger partial charge in [-0.15, -0.1) is 0 Å². The molecule has 1 aromatic heterocycles. The minimum absolute atomic E-state index is 0.0697. The average Bonchev–Trinajstić information content (AvgIpc) is 2.83. The number of aryl methyl sites for hydroxylation is 2. The molecule has 0 aliphatic heterocycles. The Balaban J connectivity index is 2.23. The lowest BCUT2D eigenvalue weighted by Crippen LogP contribution is -2.04. The van der Waals surface area contributed by atoms with Gasteiger partial charge in [-0.25, -0.2) is 0 Å². The van der Waals surface area contributed by atoms with Crippen LogP contribution in [0.25, 0.3) is 6.08 Å². The fraction of sp³-hybridized carbons (Fsp3) is 0.250. The number of aromatic amines is 1. The fourth-order valence-corrected chi connectivity index (χ4v) is 2.07. The number of ether oxygens (including phenoxy) is 2. The summed E-state index contributed by atoms with van der Waals surface area (Å²) in [6.45, 7) is 0.717. The van der Waals surface area contributed by atoms with Crippen molar-refractivity contribution in [2.75, 3.05) is 7.11 Å². The van der Waals surface area contributed by atoms with Crippen molar-refractivity contribution in [3.63, 3.8) is 0 Å². The molecular weight excluding hydrogens is 306 g/mol. The van der Waals surface area contributed by atoms with Crippen molar-refractivity contribution >= 4 is 11.9 Å². The van der Waals surface area contributed by atoms with Crippen molar-refractivity contribution in [2.24, 2.45) is 0 Å². The van der Waals surface area contributed by atoms with E-state index in [4.69, 9.17) is 4.74 Å². The van der Waals surface area contributed by atoms with Crippen molar-refractivity contribution in [1.82, 2.24) is 10.2 Å². The molecule has 2 rings (SSSR count). The second-order valence-corrected chi connectivity index (χ2v) is 4.79. The first-order valence-corrected chi connectivity index (χ1v) is 6.79. The third-order valence-corrected chi connectivity index (χ3v) is 3.25. The van der Waals surface area contributed by atoms with Gasteiger partial charge in [0, 0.05) is 16.8 Å². The zero-order valence-electron chi connectivity index (χ0n) is 12.9. The summed E-state index contributed by atoms with van der Waals surface area (Å²) >= 11 is 0. The maximum Gasteiger partial charge on any atom is 0.387 e. The Labute approximate surface area is 131 Å². The van der Waals surface area contributed by atoms with Crippen molar-refractivity contribution in [3.8, 4) is 11.5 Å². The number of carbonyl (C=O) groups is 1. The Morgan fingerprint density at radius 1 is 1.30 bits per heavy atom. The van der Waals surface area contributed by atoms with Crippen LogP contribution >= 0.6 is 0 Å². The molecule has 0 atom stereocenters. The zero-order valence-corrected chi connectivity index (χ0v) is 12.9. The standard InChI is InChI=1S/C16H16F2N2O3/c1-9-12(10(2)20-19-9)5-6-13(21)11-4-7-14(23-16(17)18)15(8-11)22-3/h4-8,16H,1-3H3,(H,19,20)/b6-5+. The summed E-state index contributed by atoms with van der Waals surface area (Å²) in [5.41, 5.74) is 2.77. The van der Waals surface area contributed by atoms with Crippen LogP contribution in [0.2, 0.25) is 0 Å². The molecule has 2 aromatic rings. The van der Waals surface area contributed by atoms with Crippen LogP contribution in [0.3, 0.4) is 0 Å². The van der Waals surface area contributed by atoms with Gasteiger partial charge in [0.1, 0.15) is 0 Å². The molecule has 0 aliphatic carbocycles. The van der Waals surface area contributed by atoms with Crippen molar-refractivity contribution < 1.29 is 23.0 Å². The number of nitrogens with one attached hydrogen (secondary N) is 1. The molecule has 7 heteroatoms. The summed E-state index contributed by atoms with van der Waals surface area (Å²) in [6, 6.07) is 4.04. The van der Waals surface area contributed by atoms with Gasteiger partial charge in [0.15, 0.2) is 17.3 Å². The van der Waals surface area contributed by atoms with Gasteiger partial charge in [0.2, 0.25) is 0 Å². The summed E-state index contributed by atoms with van der Waals surface area (Å²) < 4.78 is 33.9. The average molecular weight is 322 g/mol. The normalized spacial score (nSPS) is 11.2. The number of allylic oxidation sites excluding steroid dienone is 1. The fourth-order valence-electron chi connectivity index (χ4n) is 2.07. The minimum atomic E-state index is -2.96. The third-order valence-electron chi connectivity index (χ3n) is 3.25. The number of rotatable bonds is 6. The number of carbonyl (C=O) groups excluding carboxylic acids is 1. The molecule has 122 valence electrons. The highest BCUT2D eigenvalue weighted by molar-refractivity contribution is 6.07. The molecule has 0 bridgehead atoms. The summed E-state index contributed by atoms with van der Waals surface area (Å²) in [4.78, 5) is 12.2. The molecule has 0 radical (unpaired) electrons. The first kappa shape index (κ1) is 16.7. The lowest BCUT2D eigenvalue weighted by atomic mass is 10.1. The van der Waals surface area contributed by atoms with E-state index in [1.54, 1.807) is 6.08 Å². The van der Waals surface area contributed by atoms with Crippen LogP contribution in [0.1, 0.15) is 27.3 Å². The van der Waals surface area contributed by atoms with Gasteiger partial charge < -0.3 is 9.47 Å². The summed E-state index contributed by atoms with van der Waals surface area (Å²) in [7, 11) is 1.32. The Kier molecular flexibility index (Phi) is 5.10.